The summed E-state index contributed by atoms with van der Waals surface area (Å²) in [5.41, 5.74) is 3.14. The van der Waals surface area contributed by atoms with Gasteiger partial charge in [-0.2, -0.15) is 0 Å². The summed E-state index contributed by atoms with van der Waals surface area (Å²) >= 11 is 5.77. The van der Waals surface area contributed by atoms with Gasteiger partial charge in [0.2, 0.25) is 0 Å². The van der Waals surface area contributed by atoms with Gasteiger partial charge in [-0.25, -0.2) is 0 Å². The van der Waals surface area contributed by atoms with Gasteiger partial charge < -0.3 is 19.5 Å². The molecule has 0 saturated carbocycles. The van der Waals surface area contributed by atoms with Crippen LogP contribution in [-0.2, 0) is 7.05 Å². The largest absolute Gasteiger partial charge is 0.457 e. The average molecular weight is 427 g/mol. The van der Waals surface area contributed by atoms with E-state index >= 15 is 0 Å². The van der Waals surface area contributed by atoms with Gasteiger partial charge in [-0.05, 0) is 72.4 Å². The first kappa shape index (κ1) is 19.3. The minimum Gasteiger partial charge on any atom is -0.457 e. The summed E-state index contributed by atoms with van der Waals surface area (Å²) in [6.45, 7) is 0. The van der Waals surface area contributed by atoms with Crippen LogP contribution in [0.25, 0.3) is 0 Å². The summed E-state index contributed by atoms with van der Waals surface area (Å²) in [6, 6.07) is 25.9. The summed E-state index contributed by atoms with van der Waals surface area (Å²) in [4.78, 5) is 6.75. The molecule has 1 aliphatic rings. The lowest BCUT2D eigenvalue weighted by Gasteiger charge is -2.27. The molecule has 6 heteroatoms. The van der Waals surface area contributed by atoms with E-state index in [0.29, 0.717) is 5.11 Å². The molecule has 0 spiro atoms. The molecule has 2 atom stereocenters. The number of hydrogen-bond donors (Lipinski definition) is 1. The molecule has 1 saturated heterocycles. The van der Waals surface area contributed by atoms with Crippen molar-refractivity contribution in [2.75, 3.05) is 4.90 Å². The van der Waals surface area contributed by atoms with Crippen LogP contribution in [0.2, 0.25) is 0 Å². The van der Waals surface area contributed by atoms with Crippen LogP contribution >= 0.6 is 12.2 Å². The maximum absolute atomic E-state index is 5.95. The fourth-order valence-electron chi connectivity index (χ4n) is 3.97. The quantitative estimate of drug-likeness (QED) is 0.434. The first-order chi connectivity index (χ1) is 15.2. The first-order valence-electron chi connectivity index (χ1n) is 10.1. The van der Waals surface area contributed by atoms with Crippen molar-refractivity contribution >= 4 is 23.0 Å². The molecule has 2 aromatic carbocycles. The van der Waals surface area contributed by atoms with Crippen molar-refractivity contribution in [3.63, 3.8) is 0 Å². The summed E-state index contributed by atoms with van der Waals surface area (Å²) in [5.74, 6) is 1.59. The van der Waals surface area contributed by atoms with Crippen molar-refractivity contribution in [3.05, 3.63) is 109 Å². The van der Waals surface area contributed by atoms with Crippen molar-refractivity contribution in [1.29, 1.82) is 0 Å². The second-order valence-electron chi connectivity index (χ2n) is 7.52. The molecule has 1 N–H and O–H groups in total. The van der Waals surface area contributed by atoms with Crippen LogP contribution < -0.4 is 15.0 Å². The molecule has 31 heavy (non-hydrogen) atoms. The van der Waals surface area contributed by atoms with Crippen LogP contribution in [0, 0.1) is 0 Å². The number of nitrogens with one attached hydrogen (secondary N) is 1. The lowest BCUT2D eigenvalue weighted by Crippen LogP contribution is -2.29. The Kier molecular flexibility index (Phi) is 5.14. The molecule has 0 radical (unpaired) electrons. The number of aryl methyl sites for hydroxylation is 1. The Morgan fingerprint density at radius 1 is 0.903 bits per heavy atom. The minimum atomic E-state index is -0.0451. The summed E-state index contributed by atoms with van der Waals surface area (Å²) in [7, 11) is 2.03. The van der Waals surface area contributed by atoms with Gasteiger partial charge in [-0.1, -0.05) is 24.3 Å². The Morgan fingerprint density at radius 2 is 1.65 bits per heavy atom. The molecule has 1 fully saturated rings. The van der Waals surface area contributed by atoms with Crippen molar-refractivity contribution in [2.24, 2.45) is 7.05 Å². The molecule has 0 amide bonds. The minimum absolute atomic E-state index is 0.00973. The third-order valence-corrected chi connectivity index (χ3v) is 5.70. The highest BCUT2D eigenvalue weighted by atomic mass is 32.1. The number of nitrogens with zero attached hydrogens (tertiary/aromatic N) is 3. The molecule has 1 aliphatic heterocycles. The first-order valence-corrected chi connectivity index (χ1v) is 10.6. The summed E-state index contributed by atoms with van der Waals surface area (Å²) in [6.07, 6.45) is 6.01. The van der Waals surface area contributed by atoms with E-state index in [-0.39, 0.29) is 12.1 Å². The van der Waals surface area contributed by atoms with Gasteiger partial charge in [0.1, 0.15) is 11.5 Å². The normalized spacial score (nSPS) is 18.1. The molecule has 3 heterocycles. The van der Waals surface area contributed by atoms with E-state index < -0.39 is 0 Å². The van der Waals surface area contributed by atoms with Crippen LogP contribution in [0.5, 0.6) is 11.5 Å². The number of anilines is 1. The van der Waals surface area contributed by atoms with Crippen molar-refractivity contribution < 1.29 is 4.74 Å². The lowest BCUT2D eigenvalue weighted by atomic mass is 9.98. The second kappa shape index (κ2) is 8.24. The lowest BCUT2D eigenvalue weighted by molar-refractivity contribution is 0.482. The Balaban J connectivity index is 1.48. The molecule has 5 nitrogen and oxygen atoms in total. The third-order valence-electron chi connectivity index (χ3n) is 5.39. The van der Waals surface area contributed by atoms with Gasteiger partial charge in [0.15, 0.2) is 5.11 Å². The van der Waals surface area contributed by atoms with Gasteiger partial charge in [-0.15, -0.1) is 0 Å². The topological polar surface area (TPSA) is 42.3 Å². The molecule has 4 aromatic rings. The predicted octanol–water partition coefficient (Wildman–Crippen LogP) is 5.39. The van der Waals surface area contributed by atoms with Crippen LogP contribution in [0.15, 0.2) is 97.5 Å². The number of pyridine rings is 1. The maximum Gasteiger partial charge on any atom is 0.174 e. The van der Waals surface area contributed by atoms with Crippen LogP contribution in [0.4, 0.5) is 5.69 Å². The Morgan fingerprint density at radius 3 is 2.32 bits per heavy atom. The van der Waals surface area contributed by atoms with E-state index in [0.717, 1.165) is 22.9 Å². The maximum atomic E-state index is 5.95. The van der Waals surface area contributed by atoms with Crippen molar-refractivity contribution in [1.82, 2.24) is 14.9 Å². The number of rotatable bonds is 5. The standard InChI is InChI=1S/C25H22N4OS/c1-28-16-14-18(17-28)24-23(22-9-5-6-15-26-22)27-25(31)29(24)19-10-12-21(13-11-19)30-20-7-3-2-4-8-20/h2-17,23-24H,1H3,(H,27,31)/t23-,24-/m1/s1. The summed E-state index contributed by atoms with van der Waals surface area (Å²) in [5, 5.41) is 4.17. The van der Waals surface area contributed by atoms with Crippen LogP contribution in [0.3, 0.4) is 0 Å². The number of thiocarbonyl (C=S) groups is 1. The zero-order valence-corrected chi connectivity index (χ0v) is 17.9. The highest BCUT2D eigenvalue weighted by molar-refractivity contribution is 7.80. The number of aromatic nitrogens is 2. The Bertz CT molecular complexity index is 1180. The van der Waals surface area contributed by atoms with Gasteiger partial charge in [0.05, 0.1) is 17.8 Å². The number of para-hydroxylation sites is 1. The molecule has 0 bridgehead atoms. The van der Waals surface area contributed by atoms with Crippen LogP contribution in [-0.4, -0.2) is 14.7 Å². The smallest absolute Gasteiger partial charge is 0.174 e. The molecule has 154 valence electrons. The second-order valence-corrected chi connectivity index (χ2v) is 7.90. The van der Waals surface area contributed by atoms with Crippen LogP contribution in [0.1, 0.15) is 23.3 Å². The van der Waals surface area contributed by atoms with E-state index in [9.17, 15) is 0 Å². The zero-order valence-electron chi connectivity index (χ0n) is 17.1. The van der Waals surface area contributed by atoms with E-state index in [1.807, 2.05) is 86.0 Å². The van der Waals surface area contributed by atoms with E-state index in [1.54, 1.807) is 0 Å². The van der Waals surface area contributed by atoms with Gasteiger partial charge >= 0.3 is 0 Å². The van der Waals surface area contributed by atoms with E-state index in [2.05, 4.69) is 38.2 Å². The fourth-order valence-corrected chi connectivity index (χ4v) is 4.32. The molecular formula is C25H22N4OS. The highest BCUT2D eigenvalue weighted by Gasteiger charge is 2.40. The molecule has 0 unspecified atom stereocenters. The molecule has 0 aliphatic carbocycles. The Hall–Kier alpha value is -3.64. The number of ether oxygens (including phenoxy) is 1. The SMILES string of the molecule is Cn1ccc([C@@H]2[C@@H](c3ccccn3)NC(=S)N2c2ccc(Oc3ccccc3)cc2)c1. The molecule has 5 rings (SSSR count). The summed E-state index contributed by atoms with van der Waals surface area (Å²) < 4.78 is 8.00. The monoisotopic (exact) mass is 426 g/mol. The van der Waals surface area contributed by atoms with Crippen molar-refractivity contribution in [3.8, 4) is 11.5 Å². The van der Waals surface area contributed by atoms with E-state index in [1.165, 1.54) is 5.56 Å². The van der Waals surface area contributed by atoms with Gasteiger partial charge in [0, 0.05) is 31.3 Å². The molecule has 2 aromatic heterocycles. The van der Waals surface area contributed by atoms with Gasteiger partial charge in [0.25, 0.3) is 0 Å². The van der Waals surface area contributed by atoms with Gasteiger partial charge in [-0.3, -0.25) is 4.98 Å². The number of benzene rings is 2. The molecular weight excluding hydrogens is 404 g/mol. The highest BCUT2D eigenvalue weighted by Crippen LogP contribution is 2.41. The van der Waals surface area contributed by atoms with E-state index in [4.69, 9.17) is 17.0 Å². The number of hydrogen-bond acceptors (Lipinski definition) is 3. The fraction of sp³-hybridized carbons (Fsp3) is 0.120. The third kappa shape index (κ3) is 3.90. The van der Waals surface area contributed by atoms with Crippen molar-refractivity contribution in [2.45, 2.75) is 12.1 Å². The average Bonchev–Trinajstić information content (AvgIpc) is 3.38. The zero-order chi connectivity index (χ0) is 21.2. The predicted molar refractivity (Wildman–Crippen MR) is 126 cm³/mol. The Labute approximate surface area is 186 Å².